The van der Waals surface area contributed by atoms with Crippen LogP contribution in [0.25, 0.3) is 0 Å². The minimum atomic E-state index is -0.853. The van der Waals surface area contributed by atoms with E-state index in [1.807, 2.05) is 6.08 Å². The Hall–Kier alpha value is -1.92. The molecule has 0 aliphatic carbocycles. The van der Waals surface area contributed by atoms with Gasteiger partial charge in [-0.1, -0.05) is 314 Å². The lowest BCUT2D eigenvalue weighted by Crippen LogP contribution is -2.45. The number of amides is 1. The van der Waals surface area contributed by atoms with Gasteiger partial charge in [0.2, 0.25) is 5.91 Å². The SMILES string of the molecule is CCCCCCCCCCCCCCCCCCCCC/C=C/C(O)C(CO)NC(=O)CCCCCCCCCCCC/C=C\C=C/CCCCCOC(=O)CCCCCCCCCCCCCCCCCC. The third-order valence-electron chi connectivity index (χ3n) is 15.2. The molecule has 3 N–H and O–H groups in total. The van der Waals surface area contributed by atoms with Gasteiger partial charge in [0.1, 0.15) is 0 Å². The molecule has 2 unspecified atom stereocenters. The Kier molecular flexibility index (Phi) is 61.0. The topological polar surface area (TPSA) is 95.9 Å². The molecule has 0 saturated carbocycles. The monoisotopic (exact) mass is 1030 g/mol. The van der Waals surface area contributed by atoms with Gasteiger partial charge in [0.05, 0.1) is 25.4 Å². The lowest BCUT2D eigenvalue weighted by atomic mass is 10.0. The van der Waals surface area contributed by atoms with Gasteiger partial charge in [0, 0.05) is 12.8 Å². The summed E-state index contributed by atoms with van der Waals surface area (Å²) in [5.74, 6) is -0.0851. The molecule has 0 radical (unpaired) electrons. The van der Waals surface area contributed by atoms with Crippen molar-refractivity contribution in [2.75, 3.05) is 13.2 Å². The minimum Gasteiger partial charge on any atom is -0.466 e. The highest BCUT2D eigenvalue weighted by Gasteiger charge is 2.18. The molecular formula is C67H127NO5. The van der Waals surface area contributed by atoms with Gasteiger partial charge in [0.25, 0.3) is 0 Å². The number of unbranched alkanes of at least 4 members (excludes halogenated alkanes) is 47. The first kappa shape index (κ1) is 71.1. The first-order valence-electron chi connectivity index (χ1n) is 32.8. The van der Waals surface area contributed by atoms with Crippen LogP contribution in [-0.2, 0) is 14.3 Å². The molecule has 0 fully saturated rings. The van der Waals surface area contributed by atoms with Crippen LogP contribution in [-0.4, -0.2) is 47.4 Å². The summed E-state index contributed by atoms with van der Waals surface area (Å²) in [6, 6.07) is -0.637. The van der Waals surface area contributed by atoms with Crippen molar-refractivity contribution in [1.82, 2.24) is 5.32 Å². The normalized spacial score (nSPS) is 12.8. The van der Waals surface area contributed by atoms with Crippen LogP contribution in [0.2, 0.25) is 0 Å². The fourth-order valence-electron chi connectivity index (χ4n) is 10.2. The zero-order chi connectivity index (χ0) is 52.9. The molecule has 0 aromatic carbocycles. The number of esters is 1. The molecule has 0 bridgehead atoms. The summed E-state index contributed by atoms with van der Waals surface area (Å²) in [6.45, 7) is 4.89. The highest BCUT2D eigenvalue weighted by Crippen LogP contribution is 2.18. The van der Waals surface area contributed by atoms with Gasteiger partial charge >= 0.3 is 5.97 Å². The predicted octanol–water partition coefficient (Wildman–Crippen LogP) is 20.8. The highest BCUT2D eigenvalue weighted by atomic mass is 16.5. The number of ether oxygens (including phenoxy) is 1. The summed E-state index contributed by atoms with van der Waals surface area (Å²) in [6.07, 6.45) is 79.1. The van der Waals surface area contributed by atoms with Crippen molar-refractivity contribution in [2.45, 2.75) is 366 Å². The van der Waals surface area contributed by atoms with E-state index in [4.69, 9.17) is 4.74 Å². The second kappa shape index (κ2) is 62.6. The van der Waals surface area contributed by atoms with Gasteiger partial charge in [-0.25, -0.2) is 0 Å². The van der Waals surface area contributed by atoms with Crippen LogP contribution in [0.1, 0.15) is 354 Å². The Morgan fingerprint density at radius 2 is 0.671 bits per heavy atom. The summed E-state index contributed by atoms with van der Waals surface area (Å²) in [5, 5.41) is 23.2. The van der Waals surface area contributed by atoms with Crippen LogP contribution in [0.3, 0.4) is 0 Å². The van der Waals surface area contributed by atoms with Crippen molar-refractivity contribution >= 4 is 11.9 Å². The van der Waals surface area contributed by atoms with Gasteiger partial charge in [-0.15, -0.1) is 0 Å². The Balaban J connectivity index is 3.49. The van der Waals surface area contributed by atoms with Crippen molar-refractivity contribution in [3.05, 3.63) is 36.5 Å². The van der Waals surface area contributed by atoms with E-state index in [0.29, 0.717) is 19.4 Å². The molecule has 0 aromatic heterocycles. The van der Waals surface area contributed by atoms with Crippen molar-refractivity contribution in [2.24, 2.45) is 0 Å². The third-order valence-corrected chi connectivity index (χ3v) is 15.2. The summed E-state index contributed by atoms with van der Waals surface area (Å²) < 4.78 is 5.47. The van der Waals surface area contributed by atoms with E-state index in [9.17, 15) is 19.8 Å². The summed E-state index contributed by atoms with van der Waals surface area (Å²) >= 11 is 0. The molecule has 0 aromatic rings. The van der Waals surface area contributed by atoms with Crippen molar-refractivity contribution in [1.29, 1.82) is 0 Å². The lowest BCUT2D eigenvalue weighted by molar-refractivity contribution is -0.143. The summed E-state index contributed by atoms with van der Waals surface area (Å²) in [4.78, 5) is 24.6. The van der Waals surface area contributed by atoms with Crippen molar-refractivity contribution in [3.63, 3.8) is 0 Å². The molecule has 2 atom stereocenters. The standard InChI is InChI=1S/C67H127NO5/c1-3-5-7-9-11-13-15-17-19-21-22-23-25-28-31-35-39-43-47-51-55-59-65(70)64(63-69)68-66(71)60-56-52-48-44-40-36-32-29-26-24-27-30-34-38-42-46-50-54-58-62-73-67(72)61-57-53-49-45-41-37-33-20-18-16-14-12-10-8-6-4-2/h30,34,38,42,55,59,64-65,69-70H,3-29,31-33,35-37,39-41,43-54,56-58,60-63H2,1-2H3,(H,68,71)/b34-30-,42-38-,59-55+. The van der Waals surface area contributed by atoms with E-state index in [1.165, 1.54) is 250 Å². The van der Waals surface area contributed by atoms with Crippen LogP contribution in [0.4, 0.5) is 0 Å². The largest absolute Gasteiger partial charge is 0.466 e. The van der Waals surface area contributed by atoms with Crippen LogP contribution >= 0.6 is 0 Å². The number of hydrogen-bond acceptors (Lipinski definition) is 5. The first-order chi connectivity index (χ1) is 36.0. The molecule has 430 valence electrons. The van der Waals surface area contributed by atoms with Gasteiger partial charge in [-0.3, -0.25) is 9.59 Å². The Bertz CT molecular complexity index is 1180. The van der Waals surface area contributed by atoms with Gasteiger partial charge in [-0.2, -0.15) is 0 Å². The number of aliphatic hydroxyl groups excluding tert-OH is 2. The lowest BCUT2D eigenvalue weighted by Gasteiger charge is -2.20. The highest BCUT2D eigenvalue weighted by molar-refractivity contribution is 5.76. The van der Waals surface area contributed by atoms with E-state index in [1.54, 1.807) is 6.08 Å². The molecule has 73 heavy (non-hydrogen) atoms. The second-order valence-electron chi connectivity index (χ2n) is 22.5. The van der Waals surface area contributed by atoms with Crippen LogP contribution < -0.4 is 5.32 Å². The molecule has 1 amide bonds. The van der Waals surface area contributed by atoms with Crippen LogP contribution in [0, 0.1) is 0 Å². The van der Waals surface area contributed by atoms with Crippen molar-refractivity contribution < 1.29 is 24.5 Å². The minimum absolute atomic E-state index is 0.0102. The van der Waals surface area contributed by atoms with Crippen LogP contribution in [0.15, 0.2) is 36.5 Å². The molecule has 0 aliphatic rings. The van der Waals surface area contributed by atoms with E-state index in [0.717, 1.165) is 77.0 Å². The second-order valence-corrected chi connectivity index (χ2v) is 22.5. The number of carbonyl (C=O) groups is 2. The Morgan fingerprint density at radius 1 is 0.384 bits per heavy atom. The van der Waals surface area contributed by atoms with E-state index in [-0.39, 0.29) is 18.5 Å². The number of aliphatic hydroxyl groups is 2. The maximum Gasteiger partial charge on any atom is 0.305 e. The third kappa shape index (κ3) is 59.2. The molecule has 0 rings (SSSR count). The van der Waals surface area contributed by atoms with E-state index < -0.39 is 12.1 Å². The number of rotatable bonds is 61. The van der Waals surface area contributed by atoms with Crippen LogP contribution in [0.5, 0.6) is 0 Å². The Labute approximate surface area is 455 Å². The van der Waals surface area contributed by atoms with Crippen molar-refractivity contribution in [3.8, 4) is 0 Å². The Morgan fingerprint density at radius 3 is 1.01 bits per heavy atom. The van der Waals surface area contributed by atoms with Gasteiger partial charge in [-0.05, 0) is 64.2 Å². The van der Waals surface area contributed by atoms with E-state index >= 15 is 0 Å². The maximum absolute atomic E-state index is 12.5. The van der Waals surface area contributed by atoms with Gasteiger partial charge in [0.15, 0.2) is 0 Å². The van der Waals surface area contributed by atoms with E-state index in [2.05, 4.69) is 43.5 Å². The molecule has 6 nitrogen and oxygen atoms in total. The fourth-order valence-corrected chi connectivity index (χ4v) is 10.2. The molecule has 0 spiro atoms. The predicted molar refractivity (Wildman–Crippen MR) is 319 cm³/mol. The quantitative estimate of drug-likeness (QED) is 0.0244. The number of carbonyl (C=O) groups excluding carboxylic acids is 2. The molecular weight excluding hydrogens is 899 g/mol. The average Bonchev–Trinajstić information content (AvgIpc) is 3.39. The number of allylic oxidation sites excluding steroid dienone is 5. The van der Waals surface area contributed by atoms with Gasteiger partial charge < -0.3 is 20.3 Å². The number of nitrogens with one attached hydrogen (secondary N) is 1. The zero-order valence-electron chi connectivity index (χ0n) is 49.1. The first-order valence-corrected chi connectivity index (χ1v) is 32.8. The molecule has 0 aliphatic heterocycles. The summed E-state index contributed by atoms with van der Waals surface area (Å²) in [7, 11) is 0. The summed E-state index contributed by atoms with van der Waals surface area (Å²) in [5.41, 5.74) is 0. The number of hydrogen-bond donors (Lipinski definition) is 3. The fraction of sp³-hybridized carbons (Fsp3) is 0.881. The smallest absolute Gasteiger partial charge is 0.305 e. The maximum atomic E-state index is 12.5. The molecule has 0 saturated heterocycles. The zero-order valence-corrected chi connectivity index (χ0v) is 49.1. The molecule has 0 heterocycles. The molecule has 6 heteroatoms. The average molecular weight is 1030 g/mol.